The molecule has 2 rings (SSSR count). The van der Waals surface area contributed by atoms with E-state index in [1.807, 2.05) is 13.8 Å². The van der Waals surface area contributed by atoms with Crippen LogP contribution in [-0.4, -0.2) is 44.9 Å². The standard InChI is InChI=1S/C15H23N3O3S/c1-11(2)9-17-22(20,21)14-5-3-12(4-6-14)15(19)18-8-7-13(16)10-18/h3-6,11,13,17H,7-10,16H2,1-2H3/t13-/m1/s1. The molecule has 1 heterocycles. The van der Waals surface area contributed by atoms with Crippen molar-refractivity contribution in [1.82, 2.24) is 9.62 Å². The second kappa shape index (κ2) is 6.76. The first-order valence-electron chi connectivity index (χ1n) is 7.44. The average molecular weight is 325 g/mol. The highest BCUT2D eigenvalue weighted by Crippen LogP contribution is 2.15. The molecule has 0 radical (unpaired) electrons. The highest BCUT2D eigenvalue weighted by Gasteiger charge is 2.24. The van der Waals surface area contributed by atoms with Crippen LogP contribution in [0.5, 0.6) is 0 Å². The number of nitrogens with zero attached hydrogens (tertiary/aromatic N) is 1. The predicted octanol–water partition coefficient (Wildman–Crippen LogP) is 0.794. The topological polar surface area (TPSA) is 92.5 Å². The van der Waals surface area contributed by atoms with Crippen LogP contribution in [0.25, 0.3) is 0 Å². The normalized spacial score (nSPS) is 18.9. The number of amides is 1. The fourth-order valence-electron chi connectivity index (χ4n) is 2.29. The number of likely N-dealkylation sites (tertiary alicyclic amines) is 1. The fraction of sp³-hybridized carbons (Fsp3) is 0.533. The molecule has 1 aromatic rings. The number of nitrogens with one attached hydrogen (secondary N) is 1. The van der Waals surface area contributed by atoms with E-state index in [2.05, 4.69) is 4.72 Å². The van der Waals surface area contributed by atoms with Gasteiger partial charge in [-0.2, -0.15) is 0 Å². The minimum absolute atomic E-state index is 0.0313. The van der Waals surface area contributed by atoms with E-state index in [4.69, 9.17) is 5.73 Å². The van der Waals surface area contributed by atoms with Crippen LogP contribution in [0.2, 0.25) is 0 Å². The monoisotopic (exact) mass is 325 g/mol. The first-order valence-corrected chi connectivity index (χ1v) is 8.92. The van der Waals surface area contributed by atoms with E-state index in [1.165, 1.54) is 12.1 Å². The van der Waals surface area contributed by atoms with Gasteiger partial charge in [-0.25, -0.2) is 13.1 Å². The van der Waals surface area contributed by atoms with Gasteiger partial charge in [-0.05, 0) is 36.6 Å². The molecule has 22 heavy (non-hydrogen) atoms. The van der Waals surface area contributed by atoms with E-state index in [-0.39, 0.29) is 22.8 Å². The lowest BCUT2D eigenvalue weighted by molar-refractivity contribution is 0.0791. The van der Waals surface area contributed by atoms with E-state index in [0.29, 0.717) is 25.2 Å². The summed E-state index contributed by atoms with van der Waals surface area (Å²) < 4.78 is 26.7. The third kappa shape index (κ3) is 4.06. The zero-order chi connectivity index (χ0) is 16.3. The van der Waals surface area contributed by atoms with Gasteiger partial charge in [0.15, 0.2) is 0 Å². The molecule has 1 atom stereocenters. The van der Waals surface area contributed by atoms with Gasteiger partial charge < -0.3 is 10.6 Å². The van der Waals surface area contributed by atoms with Gasteiger partial charge in [0.05, 0.1) is 4.90 Å². The van der Waals surface area contributed by atoms with Crippen molar-refractivity contribution in [2.45, 2.75) is 31.2 Å². The van der Waals surface area contributed by atoms with Crippen LogP contribution in [-0.2, 0) is 10.0 Å². The summed E-state index contributed by atoms with van der Waals surface area (Å²) in [7, 11) is -3.52. The molecule has 0 saturated carbocycles. The molecule has 0 bridgehead atoms. The summed E-state index contributed by atoms with van der Waals surface area (Å²) in [6.45, 7) is 5.45. The number of hydrogen-bond donors (Lipinski definition) is 2. The van der Waals surface area contributed by atoms with E-state index >= 15 is 0 Å². The molecule has 3 N–H and O–H groups in total. The summed E-state index contributed by atoms with van der Waals surface area (Å²) in [6, 6.07) is 6.06. The van der Waals surface area contributed by atoms with Crippen LogP contribution >= 0.6 is 0 Å². The zero-order valence-corrected chi connectivity index (χ0v) is 13.8. The Hall–Kier alpha value is -1.44. The van der Waals surface area contributed by atoms with Gasteiger partial charge in [0, 0.05) is 31.2 Å². The second-order valence-corrected chi connectivity index (χ2v) is 7.84. The maximum atomic E-state index is 12.3. The summed E-state index contributed by atoms with van der Waals surface area (Å²) in [4.78, 5) is 14.1. The highest BCUT2D eigenvalue weighted by molar-refractivity contribution is 7.89. The van der Waals surface area contributed by atoms with E-state index in [0.717, 1.165) is 6.42 Å². The molecule has 6 nitrogen and oxygen atoms in total. The number of nitrogens with two attached hydrogens (primary N) is 1. The Bertz CT molecular complexity index is 626. The van der Waals surface area contributed by atoms with Crippen LogP contribution in [0, 0.1) is 5.92 Å². The first-order chi connectivity index (χ1) is 10.3. The second-order valence-electron chi connectivity index (χ2n) is 6.07. The lowest BCUT2D eigenvalue weighted by Gasteiger charge is -2.16. The van der Waals surface area contributed by atoms with Crippen LogP contribution in [0.4, 0.5) is 0 Å². The van der Waals surface area contributed by atoms with E-state index < -0.39 is 10.0 Å². The van der Waals surface area contributed by atoms with Gasteiger partial charge in [0.25, 0.3) is 5.91 Å². The summed E-state index contributed by atoms with van der Waals surface area (Å²) in [5, 5.41) is 0. The van der Waals surface area contributed by atoms with Crippen LogP contribution < -0.4 is 10.5 Å². The number of carbonyl (C=O) groups excluding carboxylic acids is 1. The number of carbonyl (C=O) groups is 1. The number of hydrogen-bond acceptors (Lipinski definition) is 4. The van der Waals surface area contributed by atoms with Crippen LogP contribution in [0.3, 0.4) is 0 Å². The number of sulfonamides is 1. The SMILES string of the molecule is CC(C)CNS(=O)(=O)c1ccc(C(=O)N2CC[C@@H](N)C2)cc1. The van der Waals surface area contributed by atoms with E-state index in [9.17, 15) is 13.2 Å². The highest BCUT2D eigenvalue weighted by atomic mass is 32.2. The predicted molar refractivity (Wildman–Crippen MR) is 85.0 cm³/mol. The smallest absolute Gasteiger partial charge is 0.253 e. The van der Waals surface area contributed by atoms with Crippen LogP contribution in [0.15, 0.2) is 29.2 Å². The molecule has 0 aromatic heterocycles. The van der Waals surface area contributed by atoms with Gasteiger partial charge in [0.2, 0.25) is 10.0 Å². The molecule has 0 unspecified atom stereocenters. The molecular formula is C15H23N3O3S. The van der Waals surface area contributed by atoms with Gasteiger partial charge >= 0.3 is 0 Å². The molecule has 1 aliphatic rings. The first kappa shape index (κ1) is 16.9. The Morgan fingerprint density at radius 3 is 2.50 bits per heavy atom. The maximum Gasteiger partial charge on any atom is 0.253 e. The molecule has 7 heteroatoms. The number of benzene rings is 1. The Morgan fingerprint density at radius 2 is 2.00 bits per heavy atom. The largest absolute Gasteiger partial charge is 0.337 e. The maximum absolute atomic E-state index is 12.3. The van der Waals surface area contributed by atoms with Crippen molar-refractivity contribution < 1.29 is 13.2 Å². The van der Waals surface area contributed by atoms with Crippen molar-refractivity contribution in [3.8, 4) is 0 Å². The minimum Gasteiger partial charge on any atom is -0.337 e. The molecule has 0 aliphatic carbocycles. The van der Waals surface area contributed by atoms with Gasteiger partial charge in [-0.15, -0.1) is 0 Å². The quantitative estimate of drug-likeness (QED) is 0.837. The van der Waals surface area contributed by atoms with Crippen molar-refractivity contribution in [3.63, 3.8) is 0 Å². The molecule has 1 amide bonds. The van der Waals surface area contributed by atoms with Crippen molar-refractivity contribution in [3.05, 3.63) is 29.8 Å². The minimum atomic E-state index is -3.52. The fourth-order valence-corrected chi connectivity index (χ4v) is 3.50. The Balaban J connectivity index is 2.08. The molecular weight excluding hydrogens is 302 g/mol. The third-order valence-electron chi connectivity index (χ3n) is 3.61. The Morgan fingerprint density at radius 1 is 1.36 bits per heavy atom. The summed E-state index contributed by atoms with van der Waals surface area (Å²) in [5.41, 5.74) is 6.28. The van der Waals surface area contributed by atoms with Gasteiger partial charge in [-0.1, -0.05) is 13.8 Å². The van der Waals surface area contributed by atoms with Crippen LogP contribution in [0.1, 0.15) is 30.6 Å². The zero-order valence-electron chi connectivity index (χ0n) is 13.0. The van der Waals surface area contributed by atoms with Gasteiger partial charge in [0.1, 0.15) is 0 Å². The van der Waals surface area contributed by atoms with Crippen molar-refractivity contribution in [2.24, 2.45) is 11.7 Å². The molecule has 1 aliphatic heterocycles. The Labute approximate surface area is 131 Å². The third-order valence-corrected chi connectivity index (χ3v) is 5.04. The lowest BCUT2D eigenvalue weighted by atomic mass is 10.2. The summed E-state index contributed by atoms with van der Waals surface area (Å²) in [5.74, 6) is 0.127. The summed E-state index contributed by atoms with van der Waals surface area (Å²) >= 11 is 0. The van der Waals surface area contributed by atoms with E-state index in [1.54, 1.807) is 17.0 Å². The molecule has 122 valence electrons. The van der Waals surface area contributed by atoms with Crippen molar-refractivity contribution >= 4 is 15.9 Å². The van der Waals surface area contributed by atoms with Crippen molar-refractivity contribution in [2.75, 3.05) is 19.6 Å². The molecule has 0 spiro atoms. The van der Waals surface area contributed by atoms with Crippen molar-refractivity contribution in [1.29, 1.82) is 0 Å². The molecule has 1 saturated heterocycles. The summed E-state index contributed by atoms with van der Waals surface area (Å²) in [6.07, 6.45) is 0.803. The number of rotatable bonds is 5. The van der Waals surface area contributed by atoms with Gasteiger partial charge in [-0.3, -0.25) is 4.79 Å². The Kier molecular flexibility index (Phi) is 5.20. The molecule has 1 aromatic carbocycles. The lowest BCUT2D eigenvalue weighted by Crippen LogP contribution is -2.32. The average Bonchev–Trinajstić information content (AvgIpc) is 2.91. The molecule has 1 fully saturated rings.